The van der Waals surface area contributed by atoms with Gasteiger partial charge in [-0.25, -0.2) is 0 Å². The summed E-state index contributed by atoms with van der Waals surface area (Å²) in [4.78, 5) is 0. The third kappa shape index (κ3) is 10.2. The molecule has 0 unspecified atom stereocenters. The molecule has 2 heteroatoms. The highest BCUT2D eigenvalue weighted by Gasteiger charge is 1.57. The highest BCUT2D eigenvalue weighted by Crippen LogP contribution is 1.79. The zero-order valence-corrected chi connectivity index (χ0v) is 6.62. The quantitative estimate of drug-likeness (QED) is 0.561. The Labute approximate surface area is 62.9 Å². The van der Waals surface area contributed by atoms with E-state index in [1.807, 2.05) is 36.4 Å². The van der Waals surface area contributed by atoms with Gasteiger partial charge in [-0.15, -0.1) is 0 Å². The van der Waals surface area contributed by atoms with E-state index in [0.717, 1.165) is 0 Å². The molecular formula is C8H16N2. The first-order valence-electron chi connectivity index (χ1n) is 3.15. The lowest BCUT2D eigenvalue weighted by Gasteiger charge is -1.69. The molecule has 0 heterocycles. The van der Waals surface area contributed by atoms with Gasteiger partial charge in [0.15, 0.2) is 0 Å². The van der Waals surface area contributed by atoms with Crippen molar-refractivity contribution in [2.24, 2.45) is 11.5 Å². The fraction of sp³-hybridized carbons (Fsp3) is 0.250. The maximum Gasteiger partial charge on any atom is -0.0195 e. The van der Waals surface area contributed by atoms with Gasteiger partial charge in [-0.3, -0.25) is 0 Å². The molecule has 1 aromatic carbocycles. The van der Waals surface area contributed by atoms with E-state index in [2.05, 4.69) is 11.5 Å². The van der Waals surface area contributed by atoms with Gasteiger partial charge >= 0.3 is 0 Å². The van der Waals surface area contributed by atoms with Crippen molar-refractivity contribution < 1.29 is 0 Å². The van der Waals surface area contributed by atoms with E-state index in [-0.39, 0.29) is 0 Å². The van der Waals surface area contributed by atoms with Gasteiger partial charge in [-0.2, -0.15) is 0 Å². The summed E-state index contributed by atoms with van der Waals surface area (Å²) in [5.74, 6) is 0. The Hall–Kier alpha value is -0.860. The molecule has 10 heavy (non-hydrogen) atoms. The van der Waals surface area contributed by atoms with Crippen LogP contribution in [0.5, 0.6) is 0 Å². The minimum absolute atomic E-state index is 1.50. The van der Waals surface area contributed by atoms with E-state index in [1.165, 1.54) is 14.1 Å². The molecule has 0 aliphatic carbocycles. The van der Waals surface area contributed by atoms with E-state index >= 15 is 0 Å². The molecule has 1 rings (SSSR count). The largest absolute Gasteiger partial charge is 0.333 e. The smallest absolute Gasteiger partial charge is 0.0195 e. The molecule has 0 saturated carbocycles. The molecule has 0 aromatic heterocycles. The first kappa shape index (κ1) is 11.9. The molecule has 58 valence electrons. The first-order chi connectivity index (χ1) is 5.00. The van der Waals surface area contributed by atoms with Gasteiger partial charge in [0.2, 0.25) is 0 Å². The summed E-state index contributed by atoms with van der Waals surface area (Å²) in [6, 6.07) is 12.0. The zero-order valence-electron chi connectivity index (χ0n) is 6.62. The van der Waals surface area contributed by atoms with Crippen molar-refractivity contribution >= 4 is 0 Å². The molecule has 4 N–H and O–H groups in total. The molecule has 0 amide bonds. The van der Waals surface area contributed by atoms with E-state index in [0.29, 0.717) is 0 Å². The second-order valence-corrected chi connectivity index (χ2v) is 1.15. The standard InChI is InChI=1S/C6H6.2CH5N/c1-2-4-6-5-3-1;2*1-2/h1-6H;2*2H2,1H3. The molecule has 0 atom stereocenters. The highest BCUT2D eigenvalue weighted by molar-refractivity contribution is 4.99. The number of hydrogen-bond donors (Lipinski definition) is 2. The van der Waals surface area contributed by atoms with E-state index in [9.17, 15) is 0 Å². The van der Waals surface area contributed by atoms with Crippen molar-refractivity contribution in [2.75, 3.05) is 14.1 Å². The fourth-order valence-corrected chi connectivity index (χ4v) is 0.385. The average Bonchev–Trinajstić information content (AvgIpc) is 2.14. The van der Waals surface area contributed by atoms with Crippen LogP contribution in [-0.4, -0.2) is 14.1 Å². The highest BCUT2D eigenvalue weighted by atomic mass is 14.4. The van der Waals surface area contributed by atoms with Crippen LogP contribution in [0.15, 0.2) is 36.4 Å². The molecule has 0 aliphatic rings. The summed E-state index contributed by atoms with van der Waals surface area (Å²) in [7, 11) is 3.00. The van der Waals surface area contributed by atoms with Crippen LogP contribution in [0.4, 0.5) is 0 Å². The lowest BCUT2D eigenvalue weighted by molar-refractivity contribution is 1.48. The summed E-state index contributed by atoms with van der Waals surface area (Å²) in [6.45, 7) is 0. The maximum absolute atomic E-state index is 4.50. The van der Waals surface area contributed by atoms with Crippen LogP contribution in [0.2, 0.25) is 0 Å². The molecular weight excluding hydrogens is 124 g/mol. The fourth-order valence-electron chi connectivity index (χ4n) is 0.385. The predicted octanol–water partition coefficient (Wildman–Crippen LogP) is 0.836. The number of benzene rings is 1. The van der Waals surface area contributed by atoms with Gasteiger partial charge in [0.05, 0.1) is 0 Å². The predicted molar refractivity (Wildman–Crippen MR) is 46.7 cm³/mol. The molecule has 2 nitrogen and oxygen atoms in total. The number of rotatable bonds is 0. The lowest BCUT2D eigenvalue weighted by atomic mass is 10.4. The number of nitrogens with two attached hydrogens (primary N) is 2. The Balaban J connectivity index is 0. The van der Waals surface area contributed by atoms with Crippen LogP contribution in [0, 0.1) is 0 Å². The molecule has 0 radical (unpaired) electrons. The molecule has 0 aliphatic heterocycles. The summed E-state index contributed by atoms with van der Waals surface area (Å²) < 4.78 is 0. The summed E-state index contributed by atoms with van der Waals surface area (Å²) in [5, 5.41) is 0. The van der Waals surface area contributed by atoms with E-state index < -0.39 is 0 Å². The molecule has 1 aromatic rings. The SMILES string of the molecule is CN.CN.c1ccccc1. The van der Waals surface area contributed by atoms with Gasteiger partial charge in [-0.05, 0) is 14.1 Å². The van der Waals surface area contributed by atoms with Gasteiger partial charge < -0.3 is 11.5 Å². The van der Waals surface area contributed by atoms with Crippen molar-refractivity contribution in [3.05, 3.63) is 36.4 Å². The Morgan fingerprint density at radius 3 is 0.700 bits per heavy atom. The van der Waals surface area contributed by atoms with Crippen LogP contribution >= 0.6 is 0 Å². The van der Waals surface area contributed by atoms with Gasteiger partial charge in [0.25, 0.3) is 0 Å². The Morgan fingerprint density at radius 1 is 0.500 bits per heavy atom. The average molecular weight is 140 g/mol. The normalized spacial score (nSPS) is 6.00. The molecule has 0 spiro atoms. The molecule has 0 saturated heterocycles. The zero-order chi connectivity index (χ0) is 8.24. The number of hydrogen-bond acceptors (Lipinski definition) is 2. The maximum atomic E-state index is 4.50. The van der Waals surface area contributed by atoms with Crippen LogP contribution in [-0.2, 0) is 0 Å². The van der Waals surface area contributed by atoms with Gasteiger partial charge in [0.1, 0.15) is 0 Å². The second kappa shape index (κ2) is 15.7. The summed E-state index contributed by atoms with van der Waals surface area (Å²) in [5.41, 5.74) is 9.00. The van der Waals surface area contributed by atoms with Crippen LogP contribution in [0.1, 0.15) is 0 Å². The minimum atomic E-state index is 1.50. The third-order valence-corrected chi connectivity index (χ3v) is 0.667. The van der Waals surface area contributed by atoms with E-state index in [1.54, 1.807) is 0 Å². The second-order valence-electron chi connectivity index (χ2n) is 1.15. The third-order valence-electron chi connectivity index (χ3n) is 0.667. The Morgan fingerprint density at radius 2 is 0.600 bits per heavy atom. The summed E-state index contributed by atoms with van der Waals surface area (Å²) in [6.07, 6.45) is 0. The van der Waals surface area contributed by atoms with Crippen molar-refractivity contribution in [1.29, 1.82) is 0 Å². The molecule has 0 bridgehead atoms. The van der Waals surface area contributed by atoms with Crippen LogP contribution in [0.25, 0.3) is 0 Å². The monoisotopic (exact) mass is 140 g/mol. The lowest BCUT2D eigenvalue weighted by Crippen LogP contribution is -1.69. The van der Waals surface area contributed by atoms with Crippen LogP contribution in [0.3, 0.4) is 0 Å². The van der Waals surface area contributed by atoms with Crippen molar-refractivity contribution in [2.45, 2.75) is 0 Å². The van der Waals surface area contributed by atoms with Crippen molar-refractivity contribution in [3.8, 4) is 0 Å². The van der Waals surface area contributed by atoms with Gasteiger partial charge in [-0.1, -0.05) is 36.4 Å². The minimum Gasteiger partial charge on any atom is -0.333 e. The molecule has 0 fully saturated rings. The van der Waals surface area contributed by atoms with Crippen LogP contribution < -0.4 is 11.5 Å². The Kier molecular flexibility index (Phi) is 18.7. The first-order valence-corrected chi connectivity index (χ1v) is 3.15. The van der Waals surface area contributed by atoms with Crippen molar-refractivity contribution in [1.82, 2.24) is 0 Å². The Bertz CT molecular complexity index is 79.2. The summed E-state index contributed by atoms with van der Waals surface area (Å²) >= 11 is 0. The van der Waals surface area contributed by atoms with E-state index in [4.69, 9.17) is 0 Å². The van der Waals surface area contributed by atoms with Gasteiger partial charge in [0, 0.05) is 0 Å². The van der Waals surface area contributed by atoms with Crippen molar-refractivity contribution in [3.63, 3.8) is 0 Å². The topological polar surface area (TPSA) is 52.0 Å².